The molecular weight excluding hydrogens is 148 g/mol. The van der Waals surface area contributed by atoms with Gasteiger partial charge in [-0.2, -0.15) is 0 Å². The molecule has 0 atom stereocenters. The van der Waals surface area contributed by atoms with Crippen LogP contribution in [0.15, 0.2) is 30.3 Å². The molecule has 0 aromatic rings. The molecular formula is C10H16N2. The Morgan fingerprint density at radius 3 is 2.92 bits per heavy atom. The number of hydrogen-bond donors (Lipinski definition) is 0. The molecule has 1 aliphatic rings. The van der Waals surface area contributed by atoms with E-state index in [2.05, 4.69) is 23.1 Å². The molecule has 0 aromatic carbocycles. The third-order valence-electron chi connectivity index (χ3n) is 1.95. The van der Waals surface area contributed by atoms with Crippen LogP contribution in [0.1, 0.15) is 12.8 Å². The Morgan fingerprint density at radius 2 is 2.25 bits per heavy atom. The third kappa shape index (κ3) is 2.22. The average Bonchev–Trinajstić information content (AvgIpc) is 2.50. The van der Waals surface area contributed by atoms with E-state index in [1.54, 1.807) is 0 Å². The fraction of sp³-hybridized carbons (Fsp3) is 0.500. The highest BCUT2D eigenvalue weighted by Crippen LogP contribution is 2.06. The Kier molecular flexibility index (Phi) is 3.58. The van der Waals surface area contributed by atoms with Crippen molar-refractivity contribution in [1.82, 2.24) is 4.90 Å². The van der Waals surface area contributed by atoms with Crippen molar-refractivity contribution in [2.45, 2.75) is 12.8 Å². The van der Waals surface area contributed by atoms with E-state index in [9.17, 15) is 0 Å². The van der Waals surface area contributed by atoms with E-state index >= 15 is 0 Å². The van der Waals surface area contributed by atoms with Gasteiger partial charge in [-0.3, -0.25) is 4.99 Å². The zero-order chi connectivity index (χ0) is 8.81. The molecule has 66 valence electrons. The highest BCUT2D eigenvalue weighted by Gasteiger charge is 2.13. The molecule has 12 heavy (non-hydrogen) atoms. The Bertz CT molecular complexity index is 194. The summed E-state index contributed by atoms with van der Waals surface area (Å²) in [5, 5.41) is 0. The molecule has 0 saturated carbocycles. The molecule has 1 heterocycles. The summed E-state index contributed by atoms with van der Waals surface area (Å²) in [4.78, 5) is 6.69. The van der Waals surface area contributed by atoms with Gasteiger partial charge in [-0.1, -0.05) is 12.2 Å². The smallest absolute Gasteiger partial charge is 0.0996 e. The van der Waals surface area contributed by atoms with Crippen LogP contribution >= 0.6 is 0 Å². The molecule has 0 aromatic heterocycles. The summed E-state index contributed by atoms with van der Waals surface area (Å²) in [7, 11) is 0. The van der Waals surface area contributed by atoms with Crippen LogP contribution in [0.25, 0.3) is 0 Å². The van der Waals surface area contributed by atoms with Crippen LogP contribution in [-0.4, -0.2) is 30.4 Å². The maximum Gasteiger partial charge on any atom is 0.0996 e. The minimum absolute atomic E-state index is 0.927. The van der Waals surface area contributed by atoms with Crippen LogP contribution < -0.4 is 0 Å². The molecule has 0 saturated heterocycles. The van der Waals surface area contributed by atoms with Gasteiger partial charge in [-0.15, -0.1) is 13.2 Å². The molecule has 2 nitrogen and oxygen atoms in total. The Labute approximate surface area is 74.3 Å². The lowest BCUT2D eigenvalue weighted by atomic mass is 10.2. The first-order chi connectivity index (χ1) is 5.88. The van der Waals surface area contributed by atoms with E-state index in [-0.39, 0.29) is 0 Å². The fourth-order valence-electron chi connectivity index (χ4n) is 1.35. The van der Waals surface area contributed by atoms with E-state index in [0.717, 1.165) is 32.5 Å². The second-order valence-corrected chi connectivity index (χ2v) is 2.86. The number of nitrogens with zero attached hydrogens (tertiary/aromatic N) is 2. The zero-order valence-corrected chi connectivity index (χ0v) is 7.50. The van der Waals surface area contributed by atoms with Crippen LogP contribution in [0.3, 0.4) is 0 Å². The van der Waals surface area contributed by atoms with Crippen molar-refractivity contribution in [1.29, 1.82) is 0 Å². The van der Waals surface area contributed by atoms with Gasteiger partial charge >= 0.3 is 0 Å². The van der Waals surface area contributed by atoms with Crippen LogP contribution in [0.2, 0.25) is 0 Å². The van der Waals surface area contributed by atoms with Crippen molar-refractivity contribution in [3.63, 3.8) is 0 Å². The summed E-state index contributed by atoms with van der Waals surface area (Å²) in [6.45, 7) is 10.3. The number of aliphatic imine (C=N–C) groups is 1. The number of allylic oxidation sites excluding steroid dienone is 1. The van der Waals surface area contributed by atoms with Crippen molar-refractivity contribution in [2.24, 2.45) is 4.99 Å². The van der Waals surface area contributed by atoms with Gasteiger partial charge in [0.05, 0.1) is 12.4 Å². The summed E-state index contributed by atoms with van der Waals surface area (Å²) in [6, 6.07) is 0. The van der Waals surface area contributed by atoms with Gasteiger partial charge in [-0.25, -0.2) is 0 Å². The highest BCUT2D eigenvalue weighted by atomic mass is 15.2. The van der Waals surface area contributed by atoms with E-state index in [0.29, 0.717) is 0 Å². The van der Waals surface area contributed by atoms with E-state index in [4.69, 9.17) is 0 Å². The second kappa shape index (κ2) is 4.75. The quantitative estimate of drug-likeness (QED) is 0.566. The first-order valence-corrected chi connectivity index (χ1v) is 4.38. The zero-order valence-electron chi connectivity index (χ0n) is 7.50. The predicted octanol–water partition coefficient (Wildman–Crippen LogP) is 1.85. The second-order valence-electron chi connectivity index (χ2n) is 2.86. The predicted molar refractivity (Wildman–Crippen MR) is 53.5 cm³/mol. The van der Waals surface area contributed by atoms with Crippen molar-refractivity contribution < 1.29 is 0 Å². The summed E-state index contributed by atoms with van der Waals surface area (Å²) in [5.74, 6) is 1.22. The lowest BCUT2D eigenvalue weighted by Crippen LogP contribution is -2.27. The lowest BCUT2D eigenvalue weighted by molar-refractivity contribution is 0.497. The molecule has 0 radical (unpaired) electrons. The first-order valence-electron chi connectivity index (χ1n) is 4.38. The lowest BCUT2D eigenvalue weighted by Gasteiger charge is -2.17. The van der Waals surface area contributed by atoms with Gasteiger partial charge in [-0.05, 0) is 6.42 Å². The largest absolute Gasteiger partial charge is 0.355 e. The normalized spacial score (nSPS) is 16.0. The molecule has 2 heteroatoms. The van der Waals surface area contributed by atoms with Gasteiger partial charge in [0.2, 0.25) is 0 Å². The number of amidine groups is 1. The van der Waals surface area contributed by atoms with Crippen LogP contribution in [-0.2, 0) is 0 Å². The standard InChI is InChI=1S/C10H16N2/c1-3-5-6-10-11-7-9-12(10)8-4-2/h3-4H,1-2,5-9H2. The molecule has 1 aliphatic heterocycles. The summed E-state index contributed by atoms with van der Waals surface area (Å²) in [5.41, 5.74) is 0. The van der Waals surface area contributed by atoms with Gasteiger partial charge in [0.25, 0.3) is 0 Å². The van der Waals surface area contributed by atoms with Gasteiger partial charge in [0, 0.05) is 19.5 Å². The number of hydrogen-bond acceptors (Lipinski definition) is 2. The Hall–Kier alpha value is -1.05. The summed E-state index contributed by atoms with van der Waals surface area (Å²) < 4.78 is 0. The minimum atomic E-state index is 0.927. The Morgan fingerprint density at radius 1 is 1.42 bits per heavy atom. The molecule has 0 amide bonds. The van der Waals surface area contributed by atoms with Crippen molar-refractivity contribution in [2.75, 3.05) is 19.6 Å². The first kappa shape index (κ1) is 9.04. The van der Waals surface area contributed by atoms with Gasteiger partial charge in [0.1, 0.15) is 0 Å². The maximum absolute atomic E-state index is 4.42. The van der Waals surface area contributed by atoms with E-state index in [1.807, 2.05) is 12.2 Å². The molecule has 0 N–H and O–H groups in total. The van der Waals surface area contributed by atoms with Crippen molar-refractivity contribution >= 4 is 5.84 Å². The Balaban J connectivity index is 2.38. The van der Waals surface area contributed by atoms with Crippen molar-refractivity contribution in [3.8, 4) is 0 Å². The average molecular weight is 164 g/mol. The van der Waals surface area contributed by atoms with Crippen LogP contribution in [0, 0.1) is 0 Å². The number of rotatable bonds is 5. The monoisotopic (exact) mass is 164 g/mol. The molecule has 0 fully saturated rings. The summed E-state index contributed by atoms with van der Waals surface area (Å²) >= 11 is 0. The van der Waals surface area contributed by atoms with Crippen LogP contribution in [0.4, 0.5) is 0 Å². The van der Waals surface area contributed by atoms with Gasteiger partial charge in [0.15, 0.2) is 0 Å². The molecule has 0 spiro atoms. The highest BCUT2D eigenvalue weighted by molar-refractivity contribution is 5.83. The fourth-order valence-corrected chi connectivity index (χ4v) is 1.35. The van der Waals surface area contributed by atoms with Crippen LogP contribution in [0.5, 0.6) is 0 Å². The SMILES string of the molecule is C=CCCC1=NCCN1CC=C. The summed E-state index contributed by atoms with van der Waals surface area (Å²) in [6.07, 6.45) is 5.91. The third-order valence-corrected chi connectivity index (χ3v) is 1.95. The minimum Gasteiger partial charge on any atom is -0.355 e. The van der Waals surface area contributed by atoms with Crippen molar-refractivity contribution in [3.05, 3.63) is 25.3 Å². The van der Waals surface area contributed by atoms with Gasteiger partial charge < -0.3 is 4.90 Å². The van der Waals surface area contributed by atoms with E-state index in [1.165, 1.54) is 5.84 Å². The molecule has 0 aliphatic carbocycles. The molecule has 0 unspecified atom stereocenters. The molecule has 0 bridgehead atoms. The maximum atomic E-state index is 4.42. The van der Waals surface area contributed by atoms with E-state index < -0.39 is 0 Å². The topological polar surface area (TPSA) is 15.6 Å². The molecule has 1 rings (SSSR count).